The number of methoxy groups -OCH3 is 1. The zero-order valence-electron chi connectivity index (χ0n) is 15.6. The van der Waals surface area contributed by atoms with Crippen molar-refractivity contribution in [3.63, 3.8) is 0 Å². The Morgan fingerprint density at radius 3 is 2.59 bits per heavy atom. The Morgan fingerprint density at radius 2 is 1.81 bits per heavy atom. The summed E-state index contributed by atoms with van der Waals surface area (Å²) >= 11 is 0. The van der Waals surface area contributed by atoms with Crippen LogP contribution in [0.4, 0.5) is 17.5 Å². The molecule has 0 aliphatic carbocycles. The van der Waals surface area contributed by atoms with Crippen molar-refractivity contribution in [2.24, 2.45) is 0 Å². The molecule has 140 valence electrons. The van der Waals surface area contributed by atoms with E-state index in [1.807, 2.05) is 49.4 Å². The number of aromatic nitrogens is 2. The molecule has 0 aliphatic rings. The Labute approximate surface area is 159 Å². The van der Waals surface area contributed by atoms with E-state index in [-0.39, 0.29) is 0 Å². The third-order valence-corrected chi connectivity index (χ3v) is 3.97. The summed E-state index contributed by atoms with van der Waals surface area (Å²) in [5.41, 5.74) is 2.08. The Hall–Kier alpha value is -3.28. The van der Waals surface area contributed by atoms with Gasteiger partial charge in [0.25, 0.3) is 0 Å². The molecule has 0 atom stereocenters. The van der Waals surface area contributed by atoms with Crippen molar-refractivity contribution in [2.75, 3.05) is 30.9 Å². The van der Waals surface area contributed by atoms with Gasteiger partial charge in [-0.25, -0.2) is 4.98 Å². The minimum absolute atomic E-state index is 0.525. The molecule has 0 spiro atoms. The maximum Gasteiger partial charge on any atom is 0.229 e. The van der Waals surface area contributed by atoms with Crippen LogP contribution in [0.1, 0.15) is 12.5 Å². The van der Waals surface area contributed by atoms with Crippen LogP contribution in [0, 0.1) is 0 Å². The first-order chi connectivity index (χ1) is 13.3. The molecule has 1 heterocycles. The number of para-hydroxylation sites is 2. The van der Waals surface area contributed by atoms with E-state index in [1.165, 1.54) is 5.56 Å². The number of benzene rings is 2. The number of nitrogens with one attached hydrogen (secondary N) is 2. The molecule has 0 amide bonds. The number of hydrogen-bond donors (Lipinski definition) is 2. The van der Waals surface area contributed by atoms with Gasteiger partial charge in [0.1, 0.15) is 17.3 Å². The van der Waals surface area contributed by atoms with E-state index in [0.717, 1.165) is 36.0 Å². The maximum absolute atomic E-state index is 5.63. The van der Waals surface area contributed by atoms with Crippen LogP contribution in [0.2, 0.25) is 0 Å². The Morgan fingerprint density at radius 1 is 1.00 bits per heavy atom. The van der Waals surface area contributed by atoms with E-state index in [9.17, 15) is 0 Å². The van der Waals surface area contributed by atoms with Crippen LogP contribution in [0.15, 0.2) is 60.8 Å². The Balaban J connectivity index is 1.58. The summed E-state index contributed by atoms with van der Waals surface area (Å²) in [5.74, 6) is 2.94. The SMILES string of the molecule is CCOc1ccccc1Nc1nccc(NCCc2ccc(OC)cc2)n1. The van der Waals surface area contributed by atoms with E-state index in [2.05, 4.69) is 32.7 Å². The average molecular weight is 364 g/mol. The largest absolute Gasteiger partial charge is 0.497 e. The molecule has 0 bridgehead atoms. The van der Waals surface area contributed by atoms with Gasteiger partial charge in [-0.2, -0.15) is 4.98 Å². The molecule has 0 fully saturated rings. The highest BCUT2D eigenvalue weighted by atomic mass is 16.5. The quantitative estimate of drug-likeness (QED) is 0.591. The van der Waals surface area contributed by atoms with Crippen LogP contribution < -0.4 is 20.1 Å². The lowest BCUT2D eigenvalue weighted by molar-refractivity contribution is 0.342. The lowest BCUT2D eigenvalue weighted by Gasteiger charge is -2.12. The van der Waals surface area contributed by atoms with E-state index in [0.29, 0.717) is 12.6 Å². The van der Waals surface area contributed by atoms with Crippen molar-refractivity contribution in [2.45, 2.75) is 13.3 Å². The standard InChI is InChI=1S/C21H24N4O2/c1-3-27-19-7-5-4-6-18(19)24-21-23-15-13-20(25-21)22-14-12-16-8-10-17(26-2)11-9-16/h4-11,13,15H,3,12,14H2,1-2H3,(H2,22,23,24,25). The Bertz CT molecular complexity index is 853. The van der Waals surface area contributed by atoms with Crippen molar-refractivity contribution in [1.29, 1.82) is 0 Å². The second-order valence-electron chi connectivity index (χ2n) is 5.84. The number of nitrogens with zero attached hydrogens (tertiary/aromatic N) is 2. The van der Waals surface area contributed by atoms with Crippen LogP contribution in [0.5, 0.6) is 11.5 Å². The summed E-state index contributed by atoms with van der Waals surface area (Å²) in [6.45, 7) is 3.34. The maximum atomic E-state index is 5.63. The highest BCUT2D eigenvalue weighted by molar-refractivity contribution is 5.62. The zero-order valence-corrected chi connectivity index (χ0v) is 15.6. The monoisotopic (exact) mass is 364 g/mol. The van der Waals surface area contributed by atoms with Gasteiger partial charge in [-0.15, -0.1) is 0 Å². The van der Waals surface area contributed by atoms with Crippen molar-refractivity contribution in [1.82, 2.24) is 9.97 Å². The Kier molecular flexibility index (Phi) is 6.46. The van der Waals surface area contributed by atoms with E-state index >= 15 is 0 Å². The van der Waals surface area contributed by atoms with Gasteiger partial charge in [-0.05, 0) is 49.2 Å². The molecular formula is C21H24N4O2. The smallest absolute Gasteiger partial charge is 0.229 e. The average Bonchev–Trinajstić information content (AvgIpc) is 2.71. The van der Waals surface area contributed by atoms with Crippen LogP contribution in [-0.2, 0) is 6.42 Å². The van der Waals surface area contributed by atoms with Crippen LogP contribution >= 0.6 is 0 Å². The second kappa shape index (κ2) is 9.43. The molecule has 0 radical (unpaired) electrons. The molecule has 2 aromatic carbocycles. The number of anilines is 3. The fourth-order valence-electron chi connectivity index (χ4n) is 2.62. The molecule has 27 heavy (non-hydrogen) atoms. The molecule has 0 saturated heterocycles. The van der Waals surface area contributed by atoms with Crippen molar-refractivity contribution >= 4 is 17.5 Å². The molecule has 0 unspecified atom stereocenters. The molecule has 6 heteroatoms. The minimum Gasteiger partial charge on any atom is -0.497 e. The van der Waals surface area contributed by atoms with E-state index in [1.54, 1.807) is 13.3 Å². The molecule has 0 aliphatic heterocycles. The summed E-state index contributed by atoms with van der Waals surface area (Å²) in [6.07, 6.45) is 2.62. The van der Waals surface area contributed by atoms with Crippen LogP contribution in [-0.4, -0.2) is 30.2 Å². The molecule has 2 N–H and O–H groups in total. The van der Waals surface area contributed by atoms with Gasteiger partial charge in [0, 0.05) is 12.7 Å². The van der Waals surface area contributed by atoms with Crippen molar-refractivity contribution in [3.8, 4) is 11.5 Å². The van der Waals surface area contributed by atoms with Gasteiger partial charge in [0.2, 0.25) is 5.95 Å². The van der Waals surface area contributed by atoms with Crippen LogP contribution in [0.3, 0.4) is 0 Å². The molecular weight excluding hydrogens is 340 g/mol. The first-order valence-electron chi connectivity index (χ1n) is 8.97. The number of rotatable bonds is 9. The van der Waals surface area contributed by atoms with E-state index < -0.39 is 0 Å². The summed E-state index contributed by atoms with van der Waals surface area (Å²) < 4.78 is 10.8. The highest BCUT2D eigenvalue weighted by Crippen LogP contribution is 2.26. The van der Waals surface area contributed by atoms with Crippen LogP contribution in [0.25, 0.3) is 0 Å². The predicted octanol–water partition coefficient (Wildman–Crippen LogP) is 4.28. The second-order valence-corrected chi connectivity index (χ2v) is 5.84. The molecule has 3 aromatic rings. The van der Waals surface area contributed by atoms with Gasteiger partial charge >= 0.3 is 0 Å². The molecule has 0 saturated carbocycles. The van der Waals surface area contributed by atoms with Gasteiger partial charge < -0.3 is 20.1 Å². The summed E-state index contributed by atoms with van der Waals surface area (Å²) in [7, 11) is 1.67. The molecule has 1 aromatic heterocycles. The predicted molar refractivity (Wildman–Crippen MR) is 108 cm³/mol. The normalized spacial score (nSPS) is 10.3. The number of ether oxygens (including phenoxy) is 2. The first-order valence-corrected chi connectivity index (χ1v) is 8.97. The van der Waals surface area contributed by atoms with Gasteiger partial charge in [0.05, 0.1) is 19.4 Å². The van der Waals surface area contributed by atoms with E-state index in [4.69, 9.17) is 9.47 Å². The topological polar surface area (TPSA) is 68.3 Å². The lowest BCUT2D eigenvalue weighted by atomic mass is 10.1. The highest BCUT2D eigenvalue weighted by Gasteiger charge is 2.05. The minimum atomic E-state index is 0.525. The van der Waals surface area contributed by atoms with Crippen molar-refractivity contribution < 1.29 is 9.47 Å². The van der Waals surface area contributed by atoms with Crippen molar-refractivity contribution in [3.05, 3.63) is 66.4 Å². The summed E-state index contributed by atoms with van der Waals surface area (Å²) in [6, 6.07) is 17.7. The lowest BCUT2D eigenvalue weighted by Crippen LogP contribution is -2.08. The fraction of sp³-hybridized carbons (Fsp3) is 0.238. The van der Waals surface area contributed by atoms with Gasteiger partial charge in [-0.1, -0.05) is 24.3 Å². The molecule has 3 rings (SSSR count). The summed E-state index contributed by atoms with van der Waals surface area (Å²) in [5, 5.41) is 6.55. The van der Waals surface area contributed by atoms with Gasteiger partial charge in [-0.3, -0.25) is 0 Å². The zero-order chi connectivity index (χ0) is 18.9. The first kappa shape index (κ1) is 18.5. The summed E-state index contributed by atoms with van der Waals surface area (Å²) in [4.78, 5) is 8.81. The third kappa shape index (κ3) is 5.34. The molecule has 6 nitrogen and oxygen atoms in total. The third-order valence-electron chi connectivity index (χ3n) is 3.97. The van der Waals surface area contributed by atoms with Gasteiger partial charge in [0.15, 0.2) is 0 Å². The fourth-order valence-corrected chi connectivity index (χ4v) is 2.62. The number of hydrogen-bond acceptors (Lipinski definition) is 6.